The maximum Gasteiger partial charge on any atom is 0.252 e. The SMILES string of the molecule is O=C(NCCOc1cccc(Cl)c1)c1ccc(Cl)cc1I. The fraction of sp³-hybridized carbons (Fsp3) is 0.133. The lowest BCUT2D eigenvalue weighted by atomic mass is 10.2. The van der Waals surface area contributed by atoms with Crippen molar-refractivity contribution in [2.45, 2.75) is 0 Å². The van der Waals surface area contributed by atoms with Crippen LogP contribution < -0.4 is 10.1 Å². The third-order valence-corrected chi connectivity index (χ3v) is 3.99. The Hall–Kier alpha value is -0.980. The molecule has 0 aromatic heterocycles. The van der Waals surface area contributed by atoms with Gasteiger partial charge < -0.3 is 10.1 Å². The number of carbonyl (C=O) groups excluding carboxylic acids is 1. The van der Waals surface area contributed by atoms with Crippen LogP contribution in [0, 0.1) is 3.57 Å². The summed E-state index contributed by atoms with van der Waals surface area (Å²) in [6, 6.07) is 12.3. The van der Waals surface area contributed by atoms with Crippen LogP contribution in [-0.4, -0.2) is 19.1 Å². The van der Waals surface area contributed by atoms with Crippen LogP contribution in [0.15, 0.2) is 42.5 Å². The van der Waals surface area contributed by atoms with Gasteiger partial charge in [-0.1, -0.05) is 29.3 Å². The molecule has 0 heterocycles. The van der Waals surface area contributed by atoms with E-state index in [1.807, 2.05) is 12.1 Å². The van der Waals surface area contributed by atoms with Crippen LogP contribution in [0.25, 0.3) is 0 Å². The smallest absolute Gasteiger partial charge is 0.252 e. The van der Waals surface area contributed by atoms with E-state index in [-0.39, 0.29) is 5.91 Å². The van der Waals surface area contributed by atoms with Gasteiger partial charge in [-0.2, -0.15) is 0 Å². The predicted molar refractivity (Wildman–Crippen MR) is 93.4 cm³/mol. The average Bonchev–Trinajstić information content (AvgIpc) is 2.43. The summed E-state index contributed by atoms with van der Waals surface area (Å²) in [5.74, 6) is 0.531. The first kappa shape index (κ1) is 16.4. The van der Waals surface area contributed by atoms with Gasteiger partial charge >= 0.3 is 0 Å². The highest BCUT2D eigenvalue weighted by molar-refractivity contribution is 14.1. The van der Waals surface area contributed by atoms with Gasteiger partial charge in [0.25, 0.3) is 5.91 Å². The van der Waals surface area contributed by atoms with Crippen molar-refractivity contribution in [1.82, 2.24) is 5.32 Å². The molecular weight excluding hydrogens is 424 g/mol. The minimum Gasteiger partial charge on any atom is -0.492 e. The van der Waals surface area contributed by atoms with E-state index in [1.165, 1.54) is 0 Å². The van der Waals surface area contributed by atoms with Crippen molar-refractivity contribution in [3.8, 4) is 5.75 Å². The van der Waals surface area contributed by atoms with E-state index in [4.69, 9.17) is 27.9 Å². The lowest BCUT2D eigenvalue weighted by molar-refractivity contribution is 0.0946. The summed E-state index contributed by atoms with van der Waals surface area (Å²) < 4.78 is 6.31. The van der Waals surface area contributed by atoms with Crippen molar-refractivity contribution >= 4 is 51.7 Å². The van der Waals surface area contributed by atoms with Crippen LogP contribution in [0.1, 0.15) is 10.4 Å². The molecule has 3 nitrogen and oxygen atoms in total. The zero-order chi connectivity index (χ0) is 15.2. The first-order valence-corrected chi connectivity index (χ1v) is 8.01. The third-order valence-electron chi connectivity index (χ3n) is 2.63. The minimum atomic E-state index is -0.147. The molecule has 0 bridgehead atoms. The highest BCUT2D eigenvalue weighted by Gasteiger charge is 2.09. The van der Waals surface area contributed by atoms with Crippen molar-refractivity contribution in [2.75, 3.05) is 13.2 Å². The molecule has 2 rings (SSSR count). The number of carbonyl (C=O) groups is 1. The van der Waals surface area contributed by atoms with Gasteiger partial charge in [-0.3, -0.25) is 4.79 Å². The van der Waals surface area contributed by atoms with Crippen molar-refractivity contribution in [3.05, 3.63) is 61.6 Å². The fourth-order valence-electron chi connectivity index (χ4n) is 1.66. The molecule has 1 amide bonds. The molecule has 6 heteroatoms. The Labute approximate surface area is 146 Å². The summed E-state index contributed by atoms with van der Waals surface area (Å²) in [6.07, 6.45) is 0. The molecule has 0 saturated heterocycles. The van der Waals surface area contributed by atoms with E-state index in [2.05, 4.69) is 27.9 Å². The van der Waals surface area contributed by atoms with Crippen molar-refractivity contribution < 1.29 is 9.53 Å². The Bertz CT molecular complexity index is 649. The second-order valence-electron chi connectivity index (χ2n) is 4.19. The summed E-state index contributed by atoms with van der Waals surface area (Å²) in [5.41, 5.74) is 0.600. The second-order valence-corrected chi connectivity index (χ2v) is 6.22. The van der Waals surface area contributed by atoms with Gasteiger partial charge in [0.1, 0.15) is 12.4 Å². The molecule has 0 unspecified atom stereocenters. The van der Waals surface area contributed by atoms with Gasteiger partial charge in [0.2, 0.25) is 0 Å². The number of rotatable bonds is 5. The Morgan fingerprint density at radius 2 is 1.90 bits per heavy atom. The molecule has 0 aliphatic rings. The third kappa shape index (κ3) is 5.05. The van der Waals surface area contributed by atoms with Crippen LogP contribution >= 0.6 is 45.8 Å². The topological polar surface area (TPSA) is 38.3 Å². The molecule has 0 atom stereocenters. The van der Waals surface area contributed by atoms with Gasteiger partial charge in [0, 0.05) is 13.6 Å². The van der Waals surface area contributed by atoms with Crippen LogP contribution in [-0.2, 0) is 0 Å². The van der Waals surface area contributed by atoms with Gasteiger partial charge in [-0.05, 0) is 59.0 Å². The zero-order valence-corrected chi connectivity index (χ0v) is 14.6. The number of benzene rings is 2. The van der Waals surface area contributed by atoms with Gasteiger partial charge in [-0.25, -0.2) is 0 Å². The first-order chi connectivity index (χ1) is 10.1. The largest absolute Gasteiger partial charge is 0.492 e. The molecular formula is C15H12Cl2INO2. The zero-order valence-electron chi connectivity index (χ0n) is 10.9. The summed E-state index contributed by atoms with van der Waals surface area (Å²) >= 11 is 13.8. The monoisotopic (exact) mass is 435 g/mol. The number of halogens is 3. The number of nitrogens with one attached hydrogen (secondary N) is 1. The number of hydrogen-bond acceptors (Lipinski definition) is 2. The Morgan fingerprint density at radius 1 is 1.14 bits per heavy atom. The lowest BCUT2D eigenvalue weighted by Gasteiger charge is -2.09. The Kier molecular flexibility index (Phi) is 6.14. The van der Waals surface area contributed by atoms with Crippen LogP contribution in [0.5, 0.6) is 5.75 Å². The quantitative estimate of drug-likeness (QED) is 0.558. The Balaban J connectivity index is 1.82. The van der Waals surface area contributed by atoms with E-state index in [0.29, 0.717) is 34.5 Å². The summed E-state index contributed by atoms with van der Waals surface area (Å²) in [4.78, 5) is 12.0. The van der Waals surface area contributed by atoms with Crippen LogP contribution in [0.3, 0.4) is 0 Å². The van der Waals surface area contributed by atoms with Gasteiger partial charge in [-0.15, -0.1) is 0 Å². The van der Waals surface area contributed by atoms with Gasteiger partial charge in [0.15, 0.2) is 0 Å². The molecule has 0 aliphatic carbocycles. The second kappa shape index (κ2) is 7.87. The van der Waals surface area contributed by atoms with Crippen LogP contribution in [0.4, 0.5) is 0 Å². The van der Waals surface area contributed by atoms with Crippen molar-refractivity contribution in [2.24, 2.45) is 0 Å². The number of hydrogen-bond donors (Lipinski definition) is 1. The normalized spacial score (nSPS) is 10.2. The number of amides is 1. The molecule has 0 fully saturated rings. The van der Waals surface area contributed by atoms with Gasteiger partial charge in [0.05, 0.1) is 12.1 Å². The van der Waals surface area contributed by atoms with E-state index in [9.17, 15) is 4.79 Å². The highest BCUT2D eigenvalue weighted by Crippen LogP contribution is 2.18. The summed E-state index contributed by atoms with van der Waals surface area (Å²) in [7, 11) is 0. The van der Waals surface area contributed by atoms with E-state index < -0.39 is 0 Å². The predicted octanol–water partition coefficient (Wildman–Crippen LogP) is 4.41. The molecule has 0 saturated carbocycles. The maximum atomic E-state index is 12.0. The molecule has 0 spiro atoms. The molecule has 21 heavy (non-hydrogen) atoms. The lowest BCUT2D eigenvalue weighted by Crippen LogP contribution is -2.28. The van der Waals surface area contributed by atoms with Crippen molar-refractivity contribution in [3.63, 3.8) is 0 Å². The van der Waals surface area contributed by atoms with E-state index in [1.54, 1.807) is 30.3 Å². The molecule has 0 aliphatic heterocycles. The molecule has 110 valence electrons. The first-order valence-electron chi connectivity index (χ1n) is 6.18. The maximum absolute atomic E-state index is 12.0. The minimum absolute atomic E-state index is 0.147. The Morgan fingerprint density at radius 3 is 2.62 bits per heavy atom. The highest BCUT2D eigenvalue weighted by atomic mass is 127. The number of ether oxygens (including phenoxy) is 1. The van der Waals surface area contributed by atoms with Crippen LogP contribution in [0.2, 0.25) is 10.0 Å². The molecule has 2 aromatic carbocycles. The molecule has 0 radical (unpaired) electrons. The average molecular weight is 436 g/mol. The standard InChI is InChI=1S/C15H12Cl2INO2/c16-10-2-1-3-12(8-10)21-7-6-19-15(20)13-5-4-11(17)9-14(13)18/h1-5,8-9H,6-7H2,(H,19,20). The molecule has 2 aromatic rings. The van der Waals surface area contributed by atoms with E-state index in [0.717, 1.165) is 3.57 Å². The summed E-state index contributed by atoms with van der Waals surface area (Å²) in [5, 5.41) is 4.03. The van der Waals surface area contributed by atoms with E-state index >= 15 is 0 Å². The fourth-order valence-corrected chi connectivity index (χ4v) is 2.96. The van der Waals surface area contributed by atoms with Crippen molar-refractivity contribution in [1.29, 1.82) is 0 Å². The molecule has 1 N–H and O–H groups in total. The summed E-state index contributed by atoms with van der Waals surface area (Å²) in [6.45, 7) is 0.778.